The molecule has 3 rings (SSSR count). The highest BCUT2D eigenvalue weighted by Crippen LogP contribution is 2.48. The number of ether oxygens (including phenoxy) is 2. The van der Waals surface area contributed by atoms with Crippen LogP contribution in [0, 0.1) is 13.8 Å². The third kappa shape index (κ3) is 5.89. The van der Waals surface area contributed by atoms with E-state index in [4.69, 9.17) is 14.2 Å². The minimum Gasteiger partial charge on any atom is -0.457 e. The molecule has 0 saturated heterocycles. The molecule has 190 valence electrons. The predicted octanol–water partition coefficient (Wildman–Crippen LogP) is 6.70. The molecule has 0 spiro atoms. The van der Waals surface area contributed by atoms with Gasteiger partial charge in [-0.05, 0) is 68.5 Å². The SMILES string of the molecule is CCc1nc2c(CC)c(C)c(Oc3ccc(OC(F)(F)F)cc3)c(CC)c2c(OP(=O)(O)O)c1C. The van der Waals surface area contributed by atoms with Gasteiger partial charge in [-0.2, -0.15) is 0 Å². The van der Waals surface area contributed by atoms with Crippen LogP contribution in [0.4, 0.5) is 13.2 Å². The lowest BCUT2D eigenvalue weighted by Gasteiger charge is -2.23. The van der Waals surface area contributed by atoms with E-state index in [1.54, 1.807) is 6.92 Å². The lowest BCUT2D eigenvalue weighted by atomic mass is 9.92. The first-order valence-electron chi connectivity index (χ1n) is 11.1. The molecule has 0 amide bonds. The second kappa shape index (κ2) is 10.0. The second-order valence-electron chi connectivity index (χ2n) is 7.91. The number of phosphoric ester groups is 1. The van der Waals surface area contributed by atoms with Crippen LogP contribution in [0.5, 0.6) is 23.0 Å². The van der Waals surface area contributed by atoms with Gasteiger partial charge in [-0.3, -0.25) is 14.8 Å². The van der Waals surface area contributed by atoms with Crippen LogP contribution < -0.4 is 14.0 Å². The minimum atomic E-state index is -4.89. The summed E-state index contributed by atoms with van der Waals surface area (Å²) in [6, 6.07) is 5.00. The second-order valence-corrected chi connectivity index (χ2v) is 9.07. The summed E-state index contributed by atoms with van der Waals surface area (Å²) in [5, 5.41) is 0.444. The van der Waals surface area contributed by atoms with E-state index in [0.29, 0.717) is 52.7 Å². The standard InChI is InChI=1S/C24H27F3NO6P/c1-6-17-13(4)22(32-15-9-11-16(12-10-15)33-24(25,26)27)18(7-2)20-21(17)28-19(8-3)14(5)23(20)34-35(29,30)31/h9-12H,6-8H2,1-5H3,(H2,29,30,31). The van der Waals surface area contributed by atoms with Crippen LogP contribution in [0.15, 0.2) is 24.3 Å². The number of benzene rings is 2. The maximum Gasteiger partial charge on any atom is 0.573 e. The summed E-state index contributed by atoms with van der Waals surface area (Å²) in [6.45, 7) is 9.23. The number of nitrogens with zero attached hydrogens (tertiary/aromatic N) is 1. The van der Waals surface area contributed by atoms with Crippen molar-refractivity contribution in [3.63, 3.8) is 0 Å². The number of fused-ring (bicyclic) bond motifs is 1. The summed E-state index contributed by atoms with van der Waals surface area (Å²) in [5.74, 6) is 0.369. The van der Waals surface area contributed by atoms with E-state index in [-0.39, 0.29) is 17.2 Å². The number of rotatable bonds is 8. The fourth-order valence-electron chi connectivity index (χ4n) is 4.17. The summed E-state index contributed by atoms with van der Waals surface area (Å²) < 4.78 is 64.5. The van der Waals surface area contributed by atoms with Crippen molar-refractivity contribution in [3.8, 4) is 23.0 Å². The molecule has 0 radical (unpaired) electrons. The first-order chi connectivity index (χ1) is 16.3. The van der Waals surface area contributed by atoms with Gasteiger partial charge in [0, 0.05) is 16.8 Å². The quantitative estimate of drug-likeness (QED) is 0.324. The van der Waals surface area contributed by atoms with Crippen LogP contribution in [0.1, 0.15) is 48.7 Å². The molecule has 0 aliphatic carbocycles. The normalized spacial score (nSPS) is 12.2. The number of alkyl halides is 3. The van der Waals surface area contributed by atoms with Crippen molar-refractivity contribution in [1.29, 1.82) is 0 Å². The summed E-state index contributed by atoms with van der Waals surface area (Å²) in [5.41, 5.74) is 3.96. The monoisotopic (exact) mass is 513 g/mol. The number of aryl methyl sites for hydroxylation is 3. The van der Waals surface area contributed by atoms with Gasteiger partial charge in [0.15, 0.2) is 0 Å². The van der Waals surface area contributed by atoms with E-state index in [1.807, 2.05) is 27.7 Å². The van der Waals surface area contributed by atoms with Gasteiger partial charge < -0.3 is 14.0 Å². The Bertz CT molecular complexity index is 1290. The Labute approximate surface area is 201 Å². The molecule has 1 heterocycles. The largest absolute Gasteiger partial charge is 0.573 e. The summed E-state index contributed by atoms with van der Waals surface area (Å²) >= 11 is 0. The van der Waals surface area contributed by atoms with Crippen molar-refractivity contribution >= 4 is 18.7 Å². The van der Waals surface area contributed by atoms with Gasteiger partial charge in [0.05, 0.1) is 10.9 Å². The van der Waals surface area contributed by atoms with E-state index in [0.717, 1.165) is 23.3 Å². The third-order valence-corrected chi connectivity index (χ3v) is 6.09. The van der Waals surface area contributed by atoms with Crippen molar-refractivity contribution < 1.29 is 41.5 Å². The third-order valence-electron chi connectivity index (χ3n) is 5.67. The Morgan fingerprint density at radius 3 is 1.94 bits per heavy atom. The zero-order valence-electron chi connectivity index (χ0n) is 20.0. The zero-order valence-corrected chi connectivity index (χ0v) is 20.9. The molecule has 0 fully saturated rings. The molecule has 0 atom stereocenters. The fourth-order valence-corrected chi connectivity index (χ4v) is 4.63. The Hall–Kier alpha value is -2.81. The Morgan fingerprint density at radius 1 is 0.886 bits per heavy atom. The number of phosphoric acid groups is 1. The average Bonchev–Trinajstić information content (AvgIpc) is 2.76. The Balaban J connectivity index is 2.27. The molecule has 0 unspecified atom stereocenters. The van der Waals surface area contributed by atoms with Crippen LogP contribution in [0.3, 0.4) is 0 Å². The maximum atomic E-state index is 12.5. The molecule has 2 aromatic carbocycles. The zero-order chi connectivity index (χ0) is 26.1. The van der Waals surface area contributed by atoms with Crippen LogP contribution in [-0.4, -0.2) is 21.1 Å². The molecule has 1 aromatic heterocycles. The van der Waals surface area contributed by atoms with Crippen LogP contribution in [0.25, 0.3) is 10.9 Å². The van der Waals surface area contributed by atoms with E-state index < -0.39 is 14.2 Å². The van der Waals surface area contributed by atoms with Crippen molar-refractivity contribution in [2.45, 2.75) is 60.2 Å². The molecule has 0 aliphatic heterocycles. The highest BCUT2D eigenvalue weighted by Gasteiger charge is 2.31. The maximum absolute atomic E-state index is 12.5. The van der Waals surface area contributed by atoms with Gasteiger partial charge in [0.25, 0.3) is 0 Å². The number of pyridine rings is 1. The van der Waals surface area contributed by atoms with Crippen molar-refractivity contribution in [3.05, 3.63) is 52.2 Å². The van der Waals surface area contributed by atoms with Crippen LogP contribution in [-0.2, 0) is 23.8 Å². The molecule has 0 bridgehead atoms. The van der Waals surface area contributed by atoms with Crippen molar-refractivity contribution in [1.82, 2.24) is 4.98 Å². The van der Waals surface area contributed by atoms with Gasteiger partial charge >= 0.3 is 14.2 Å². The van der Waals surface area contributed by atoms with E-state index in [9.17, 15) is 27.5 Å². The van der Waals surface area contributed by atoms with Crippen molar-refractivity contribution in [2.24, 2.45) is 0 Å². The number of aromatic nitrogens is 1. The average molecular weight is 513 g/mol. The highest BCUT2D eigenvalue weighted by molar-refractivity contribution is 7.46. The molecule has 11 heteroatoms. The fraction of sp³-hybridized carbons (Fsp3) is 0.375. The Kier molecular flexibility index (Phi) is 7.69. The Morgan fingerprint density at radius 2 is 1.46 bits per heavy atom. The first-order valence-corrected chi connectivity index (χ1v) is 12.6. The molecule has 2 N–H and O–H groups in total. The molecular formula is C24H27F3NO6P. The molecular weight excluding hydrogens is 486 g/mol. The van der Waals surface area contributed by atoms with Gasteiger partial charge in [0.2, 0.25) is 0 Å². The van der Waals surface area contributed by atoms with Crippen LogP contribution in [0.2, 0.25) is 0 Å². The van der Waals surface area contributed by atoms with Crippen molar-refractivity contribution in [2.75, 3.05) is 0 Å². The number of halogens is 3. The first kappa shape index (κ1) is 26.8. The van der Waals surface area contributed by atoms with Gasteiger partial charge in [-0.15, -0.1) is 13.2 Å². The molecule has 7 nitrogen and oxygen atoms in total. The minimum absolute atomic E-state index is 0.0468. The van der Waals surface area contributed by atoms with E-state index >= 15 is 0 Å². The molecule has 35 heavy (non-hydrogen) atoms. The summed E-state index contributed by atoms with van der Waals surface area (Å²) in [7, 11) is -4.89. The van der Waals surface area contributed by atoms with E-state index in [2.05, 4.69) is 4.74 Å². The summed E-state index contributed by atoms with van der Waals surface area (Å²) in [6.07, 6.45) is -3.31. The molecule has 0 saturated carbocycles. The predicted molar refractivity (Wildman–Crippen MR) is 125 cm³/mol. The summed E-state index contributed by atoms with van der Waals surface area (Å²) in [4.78, 5) is 24.0. The molecule has 3 aromatic rings. The lowest BCUT2D eigenvalue weighted by Crippen LogP contribution is -2.16. The van der Waals surface area contributed by atoms with Gasteiger partial charge in [-0.25, -0.2) is 4.57 Å². The number of hydrogen-bond donors (Lipinski definition) is 2. The number of hydrogen-bond acceptors (Lipinski definition) is 5. The smallest absolute Gasteiger partial charge is 0.457 e. The lowest BCUT2D eigenvalue weighted by molar-refractivity contribution is -0.274. The topological polar surface area (TPSA) is 98.1 Å². The van der Waals surface area contributed by atoms with Gasteiger partial charge in [-0.1, -0.05) is 20.8 Å². The molecule has 0 aliphatic rings. The van der Waals surface area contributed by atoms with E-state index in [1.165, 1.54) is 12.1 Å². The van der Waals surface area contributed by atoms with Gasteiger partial charge in [0.1, 0.15) is 23.0 Å². The highest BCUT2D eigenvalue weighted by atomic mass is 31.2. The van der Waals surface area contributed by atoms with Crippen LogP contribution >= 0.6 is 7.82 Å².